The maximum atomic E-state index is 4.47. The molecular formula is C13H25N5. The predicted octanol–water partition coefficient (Wildman–Crippen LogP) is 1.65. The number of aromatic nitrogens is 2. The zero-order valence-corrected chi connectivity index (χ0v) is 12.0. The molecule has 1 heterocycles. The summed E-state index contributed by atoms with van der Waals surface area (Å²) in [5.41, 5.74) is 0. The van der Waals surface area contributed by atoms with Crippen molar-refractivity contribution in [2.75, 3.05) is 43.9 Å². The van der Waals surface area contributed by atoms with Crippen molar-refractivity contribution in [3.05, 3.63) is 11.9 Å². The van der Waals surface area contributed by atoms with E-state index in [0.29, 0.717) is 0 Å². The van der Waals surface area contributed by atoms with Crippen molar-refractivity contribution < 1.29 is 0 Å². The average molecular weight is 251 g/mol. The molecule has 0 fully saturated rings. The number of hydrogen-bond donors (Lipinski definition) is 2. The van der Waals surface area contributed by atoms with Gasteiger partial charge in [-0.05, 0) is 20.4 Å². The lowest BCUT2D eigenvalue weighted by Crippen LogP contribution is -2.21. The molecule has 5 heteroatoms. The van der Waals surface area contributed by atoms with Gasteiger partial charge in [-0.3, -0.25) is 0 Å². The van der Waals surface area contributed by atoms with Gasteiger partial charge in [0.1, 0.15) is 17.5 Å². The number of nitrogens with zero attached hydrogens (tertiary/aromatic N) is 3. The van der Waals surface area contributed by atoms with Gasteiger partial charge in [-0.15, -0.1) is 0 Å². The molecule has 5 nitrogen and oxygen atoms in total. The summed E-state index contributed by atoms with van der Waals surface area (Å²) in [6.45, 7) is 6.95. The standard InChI is InChI=1S/C13H25N5/c1-5-6-9-18(4)13-10-12(15-8-7-14-3)16-11(2)17-13/h10,14H,5-9H2,1-4H3,(H,15,16,17). The van der Waals surface area contributed by atoms with E-state index < -0.39 is 0 Å². The van der Waals surface area contributed by atoms with Gasteiger partial charge in [0.2, 0.25) is 0 Å². The first-order valence-corrected chi connectivity index (χ1v) is 6.62. The molecule has 0 saturated heterocycles. The normalized spacial score (nSPS) is 10.4. The summed E-state index contributed by atoms with van der Waals surface area (Å²) < 4.78 is 0. The Morgan fingerprint density at radius 3 is 2.72 bits per heavy atom. The highest BCUT2D eigenvalue weighted by Crippen LogP contribution is 2.14. The number of likely N-dealkylation sites (N-methyl/N-ethyl adjacent to an activating group) is 1. The highest BCUT2D eigenvalue weighted by molar-refractivity contribution is 5.48. The van der Waals surface area contributed by atoms with Crippen LogP contribution in [0.3, 0.4) is 0 Å². The molecule has 0 aliphatic rings. The number of hydrogen-bond acceptors (Lipinski definition) is 5. The van der Waals surface area contributed by atoms with Crippen LogP contribution in [-0.2, 0) is 0 Å². The van der Waals surface area contributed by atoms with E-state index in [9.17, 15) is 0 Å². The minimum atomic E-state index is 0.808. The molecule has 18 heavy (non-hydrogen) atoms. The lowest BCUT2D eigenvalue weighted by Gasteiger charge is -2.19. The van der Waals surface area contributed by atoms with Gasteiger partial charge in [0.25, 0.3) is 0 Å². The Morgan fingerprint density at radius 2 is 2.06 bits per heavy atom. The van der Waals surface area contributed by atoms with Crippen LogP contribution in [0.5, 0.6) is 0 Å². The van der Waals surface area contributed by atoms with Gasteiger partial charge >= 0.3 is 0 Å². The van der Waals surface area contributed by atoms with Gasteiger partial charge in [0, 0.05) is 32.7 Å². The lowest BCUT2D eigenvalue weighted by atomic mass is 10.3. The summed E-state index contributed by atoms with van der Waals surface area (Å²) in [4.78, 5) is 11.0. The minimum absolute atomic E-state index is 0.808. The third-order valence-electron chi connectivity index (χ3n) is 2.74. The van der Waals surface area contributed by atoms with Crippen molar-refractivity contribution >= 4 is 11.6 Å². The van der Waals surface area contributed by atoms with Gasteiger partial charge in [-0.2, -0.15) is 0 Å². The molecule has 0 saturated carbocycles. The fraction of sp³-hybridized carbons (Fsp3) is 0.692. The van der Waals surface area contributed by atoms with Crippen molar-refractivity contribution in [3.63, 3.8) is 0 Å². The first kappa shape index (κ1) is 14.7. The van der Waals surface area contributed by atoms with Gasteiger partial charge in [-0.1, -0.05) is 13.3 Å². The molecule has 0 aliphatic heterocycles. The summed E-state index contributed by atoms with van der Waals surface area (Å²) in [7, 11) is 4.02. The minimum Gasteiger partial charge on any atom is -0.369 e. The van der Waals surface area contributed by atoms with Crippen LogP contribution in [0.15, 0.2) is 6.07 Å². The Hall–Kier alpha value is -1.36. The van der Waals surface area contributed by atoms with Crippen molar-refractivity contribution in [1.29, 1.82) is 0 Å². The second-order valence-electron chi connectivity index (χ2n) is 4.46. The van der Waals surface area contributed by atoms with E-state index in [4.69, 9.17) is 0 Å². The van der Waals surface area contributed by atoms with Crippen LogP contribution >= 0.6 is 0 Å². The summed E-state index contributed by atoms with van der Waals surface area (Å²) >= 11 is 0. The van der Waals surface area contributed by atoms with E-state index in [0.717, 1.165) is 37.1 Å². The average Bonchev–Trinajstić information content (AvgIpc) is 2.35. The lowest BCUT2D eigenvalue weighted by molar-refractivity contribution is 0.756. The number of nitrogens with one attached hydrogen (secondary N) is 2. The van der Waals surface area contributed by atoms with E-state index in [1.807, 2.05) is 20.0 Å². The summed E-state index contributed by atoms with van der Waals surface area (Å²) in [6, 6.07) is 2.01. The van der Waals surface area contributed by atoms with E-state index >= 15 is 0 Å². The van der Waals surface area contributed by atoms with Crippen LogP contribution in [0, 0.1) is 6.92 Å². The van der Waals surface area contributed by atoms with E-state index in [1.165, 1.54) is 12.8 Å². The van der Waals surface area contributed by atoms with Crippen LogP contribution in [0.2, 0.25) is 0 Å². The molecule has 0 unspecified atom stereocenters. The molecule has 1 aromatic rings. The van der Waals surface area contributed by atoms with Crippen molar-refractivity contribution in [1.82, 2.24) is 15.3 Å². The van der Waals surface area contributed by atoms with E-state index in [1.54, 1.807) is 0 Å². The van der Waals surface area contributed by atoms with Gasteiger partial charge in [0.05, 0.1) is 0 Å². The Morgan fingerprint density at radius 1 is 1.28 bits per heavy atom. The van der Waals surface area contributed by atoms with Crippen molar-refractivity contribution in [3.8, 4) is 0 Å². The summed E-state index contributed by atoms with van der Waals surface area (Å²) in [5, 5.41) is 6.40. The molecule has 0 spiro atoms. The maximum absolute atomic E-state index is 4.47. The second kappa shape index (κ2) is 7.87. The first-order chi connectivity index (χ1) is 8.67. The quantitative estimate of drug-likeness (QED) is 0.688. The third-order valence-corrected chi connectivity index (χ3v) is 2.74. The zero-order valence-electron chi connectivity index (χ0n) is 12.0. The fourth-order valence-corrected chi connectivity index (χ4v) is 1.66. The molecule has 1 rings (SSSR count). The highest BCUT2D eigenvalue weighted by atomic mass is 15.2. The zero-order chi connectivity index (χ0) is 13.4. The fourth-order valence-electron chi connectivity index (χ4n) is 1.66. The molecule has 0 amide bonds. The number of anilines is 2. The summed E-state index contributed by atoms with van der Waals surface area (Å²) in [6.07, 6.45) is 2.38. The Labute approximate surface area is 110 Å². The van der Waals surface area contributed by atoms with Crippen molar-refractivity contribution in [2.45, 2.75) is 26.7 Å². The van der Waals surface area contributed by atoms with Crippen molar-refractivity contribution in [2.24, 2.45) is 0 Å². The maximum Gasteiger partial charge on any atom is 0.134 e. The Bertz CT molecular complexity index is 353. The summed E-state index contributed by atoms with van der Waals surface area (Å²) in [5.74, 6) is 2.70. The number of unbranched alkanes of at least 4 members (excludes halogenated alkanes) is 1. The molecule has 2 N–H and O–H groups in total. The van der Waals surface area contributed by atoms with E-state index in [2.05, 4.69) is 39.5 Å². The number of rotatable bonds is 8. The molecule has 0 atom stereocenters. The van der Waals surface area contributed by atoms with Gasteiger partial charge in [0.15, 0.2) is 0 Å². The molecular weight excluding hydrogens is 226 g/mol. The molecule has 0 radical (unpaired) electrons. The smallest absolute Gasteiger partial charge is 0.134 e. The number of aryl methyl sites for hydroxylation is 1. The van der Waals surface area contributed by atoms with Gasteiger partial charge in [-0.25, -0.2) is 9.97 Å². The monoisotopic (exact) mass is 251 g/mol. The van der Waals surface area contributed by atoms with Crippen LogP contribution in [-0.4, -0.2) is 43.7 Å². The van der Waals surface area contributed by atoms with E-state index in [-0.39, 0.29) is 0 Å². The molecule has 0 aromatic carbocycles. The molecule has 0 aliphatic carbocycles. The third kappa shape index (κ3) is 4.87. The van der Waals surface area contributed by atoms with Crippen LogP contribution in [0.4, 0.5) is 11.6 Å². The molecule has 102 valence electrons. The first-order valence-electron chi connectivity index (χ1n) is 6.62. The van der Waals surface area contributed by atoms with Crippen LogP contribution < -0.4 is 15.5 Å². The molecule has 1 aromatic heterocycles. The largest absolute Gasteiger partial charge is 0.369 e. The highest BCUT2D eigenvalue weighted by Gasteiger charge is 2.05. The predicted molar refractivity (Wildman–Crippen MR) is 77.4 cm³/mol. The topological polar surface area (TPSA) is 53.1 Å². The van der Waals surface area contributed by atoms with Crippen LogP contribution in [0.25, 0.3) is 0 Å². The van der Waals surface area contributed by atoms with Gasteiger partial charge < -0.3 is 15.5 Å². The Kier molecular flexibility index (Phi) is 6.43. The SMILES string of the molecule is CCCCN(C)c1cc(NCCNC)nc(C)n1. The molecule has 0 bridgehead atoms. The van der Waals surface area contributed by atoms with Crippen LogP contribution in [0.1, 0.15) is 25.6 Å². The second-order valence-corrected chi connectivity index (χ2v) is 4.46. The Balaban J connectivity index is 2.67.